The number of hydrogen-bond donors (Lipinski definition) is 0. The van der Waals surface area contributed by atoms with Crippen LogP contribution in [0.15, 0.2) is 36.7 Å². The van der Waals surface area contributed by atoms with E-state index in [0.29, 0.717) is 16.6 Å². The highest BCUT2D eigenvalue weighted by molar-refractivity contribution is 7.90. The molecule has 0 unspecified atom stereocenters. The van der Waals surface area contributed by atoms with Crippen molar-refractivity contribution in [3.8, 4) is 0 Å². The van der Waals surface area contributed by atoms with E-state index in [4.69, 9.17) is 0 Å². The molecule has 1 fully saturated rings. The van der Waals surface area contributed by atoms with Gasteiger partial charge in [-0.15, -0.1) is 0 Å². The normalized spacial score (nSPS) is 17.2. The summed E-state index contributed by atoms with van der Waals surface area (Å²) in [6.07, 6.45) is 6.02. The molecule has 0 saturated heterocycles. The summed E-state index contributed by atoms with van der Waals surface area (Å²) in [5.41, 5.74) is 2.21. The van der Waals surface area contributed by atoms with Crippen molar-refractivity contribution in [3.63, 3.8) is 0 Å². The maximum atomic E-state index is 13.9. The fourth-order valence-electron chi connectivity index (χ4n) is 4.38. The Balaban J connectivity index is 1.60. The maximum absolute atomic E-state index is 13.9. The molecular weight excluding hydrogens is 412 g/mol. The number of fused-ring (bicyclic) bond motifs is 3. The second kappa shape index (κ2) is 6.34. The zero-order valence-electron chi connectivity index (χ0n) is 16.2. The van der Waals surface area contributed by atoms with Crippen LogP contribution in [0.3, 0.4) is 0 Å². The summed E-state index contributed by atoms with van der Waals surface area (Å²) in [6, 6.07) is 5.71. The number of carbonyl (C=O) groups excluding carboxylic acids is 1. The Morgan fingerprint density at radius 2 is 1.90 bits per heavy atom. The van der Waals surface area contributed by atoms with Gasteiger partial charge in [0.25, 0.3) is 0 Å². The Labute approximate surface area is 172 Å². The lowest BCUT2D eigenvalue weighted by Gasteiger charge is -2.19. The Morgan fingerprint density at radius 1 is 1.17 bits per heavy atom. The van der Waals surface area contributed by atoms with Gasteiger partial charge in [-0.2, -0.15) is 0 Å². The SMILES string of the molecule is CS(=O)(=O)CCn1c(CN2C(=O)C3(CC3)c3ccncc32)cc2cc(F)c(F)cc21. The van der Waals surface area contributed by atoms with Crippen LogP contribution in [0.25, 0.3) is 10.9 Å². The van der Waals surface area contributed by atoms with Gasteiger partial charge < -0.3 is 9.47 Å². The first-order chi connectivity index (χ1) is 14.2. The van der Waals surface area contributed by atoms with Gasteiger partial charge in [0.2, 0.25) is 5.91 Å². The molecule has 1 spiro atoms. The summed E-state index contributed by atoms with van der Waals surface area (Å²) < 4.78 is 52.8. The summed E-state index contributed by atoms with van der Waals surface area (Å²) >= 11 is 0. The van der Waals surface area contributed by atoms with Gasteiger partial charge >= 0.3 is 0 Å². The highest BCUT2D eigenvalue weighted by Crippen LogP contribution is 2.57. The molecule has 3 aromatic rings. The van der Waals surface area contributed by atoms with E-state index in [-0.39, 0.29) is 24.7 Å². The van der Waals surface area contributed by atoms with Crippen molar-refractivity contribution in [2.24, 2.45) is 0 Å². The summed E-state index contributed by atoms with van der Waals surface area (Å²) in [6.45, 7) is 0.247. The van der Waals surface area contributed by atoms with Crippen molar-refractivity contribution in [2.45, 2.75) is 31.3 Å². The highest BCUT2D eigenvalue weighted by Gasteiger charge is 2.59. The smallest absolute Gasteiger partial charge is 0.238 e. The second-order valence-electron chi connectivity index (χ2n) is 8.11. The molecule has 1 aliphatic carbocycles. The monoisotopic (exact) mass is 431 g/mol. The molecule has 6 nitrogen and oxygen atoms in total. The summed E-state index contributed by atoms with van der Waals surface area (Å²) in [7, 11) is -3.28. The van der Waals surface area contributed by atoms with Crippen molar-refractivity contribution in [3.05, 3.63) is 59.6 Å². The number of pyridine rings is 1. The van der Waals surface area contributed by atoms with Gasteiger partial charge in [-0.1, -0.05) is 0 Å². The van der Waals surface area contributed by atoms with Crippen LogP contribution in [0, 0.1) is 11.6 Å². The number of benzene rings is 1. The van der Waals surface area contributed by atoms with E-state index in [1.807, 2.05) is 6.07 Å². The van der Waals surface area contributed by atoms with E-state index >= 15 is 0 Å². The van der Waals surface area contributed by atoms with Crippen LogP contribution < -0.4 is 4.90 Å². The average Bonchev–Trinajstić information content (AvgIpc) is 3.38. The number of aromatic nitrogens is 2. The summed E-state index contributed by atoms with van der Waals surface area (Å²) in [4.78, 5) is 19.0. The summed E-state index contributed by atoms with van der Waals surface area (Å²) in [5.74, 6) is -2.14. The molecule has 3 heterocycles. The van der Waals surface area contributed by atoms with Crippen molar-refractivity contribution in [1.29, 1.82) is 0 Å². The topological polar surface area (TPSA) is 72.3 Å². The molecule has 2 aliphatic rings. The Bertz CT molecular complexity index is 1310. The van der Waals surface area contributed by atoms with Crippen molar-refractivity contribution in [2.75, 3.05) is 16.9 Å². The Morgan fingerprint density at radius 3 is 2.60 bits per heavy atom. The van der Waals surface area contributed by atoms with Crippen molar-refractivity contribution in [1.82, 2.24) is 9.55 Å². The van der Waals surface area contributed by atoms with E-state index in [2.05, 4.69) is 4.98 Å². The number of nitrogens with zero attached hydrogens (tertiary/aromatic N) is 3. The molecular formula is C21H19F2N3O3S. The third-order valence-corrected chi connectivity index (χ3v) is 6.97. The molecule has 5 rings (SSSR count). The number of halogens is 2. The highest BCUT2D eigenvalue weighted by atomic mass is 32.2. The number of aryl methyl sites for hydroxylation is 1. The number of sulfone groups is 1. The van der Waals surface area contributed by atoms with Crippen LogP contribution in [0.5, 0.6) is 0 Å². The van der Waals surface area contributed by atoms with Crippen LogP contribution in [-0.2, 0) is 33.1 Å². The predicted octanol–water partition coefficient (Wildman–Crippen LogP) is 2.94. The maximum Gasteiger partial charge on any atom is 0.238 e. The first kappa shape index (κ1) is 19.2. The molecule has 0 bridgehead atoms. The van der Waals surface area contributed by atoms with E-state index in [0.717, 1.165) is 42.5 Å². The predicted molar refractivity (Wildman–Crippen MR) is 108 cm³/mol. The summed E-state index contributed by atoms with van der Waals surface area (Å²) in [5, 5.41) is 0.455. The molecule has 0 N–H and O–H groups in total. The number of amides is 1. The molecule has 0 atom stereocenters. The molecule has 30 heavy (non-hydrogen) atoms. The zero-order valence-corrected chi connectivity index (χ0v) is 17.0. The largest absolute Gasteiger partial charge is 0.342 e. The molecule has 9 heteroatoms. The molecule has 0 radical (unpaired) electrons. The van der Waals surface area contributed by atoms with Gasteiger partial charge in [-0.05, 0) is 36.6 Å². The van der Waals surface area contributed by atoms with Gasteiger partial charge in [-0.3, -0.25) is 9.78 Å². The fraction of sp³-hybridized carbons (Fsp3) is 0.333. The quantitative estimate of drug-likeness (QED) is 0.623. The third-order valence-electron chi connectivity index (χ3n) is 6.05. The van der Waals surface area contributed by atoms with Gasteiger partial charge in [-0.25, -0.2) is 17.2 Å². The molecule has 1 aliphatic heterocycles. The molecule has 1 saturated carbocycles. The minimum Gasteiger partial charge on any atom is -0.342 e. The van der Waals surface area contributed by atoms with E-state index in [9.17, 15) is 22.0 Å². The number of rotatable bonds is 5. The standard InChI is InChI=1S/C21H19F2N3O3S/c1-30(28,29)7-6-25-14(8-13-9-16(22)17(23)10-18(13)25)12-26-19-11-24-5-2-15(19)21(3-4-21)20(26)27/h2,5,8-11H,3-4,6-7,12H2,1H3. The minimum atomic E-state index is -3.28. The minimum absolute atomic E-state index is 0.0113. The number of carbonyl (C=O) groups is 1. The van der Waals surface area contributed by atoms with Crippen LogP contribution in [0.4, 0.5) is 14.5 Å². The number of anilines is 1. The number of hydrogen-bond acceptors (Lipinski definition) is 4. The lowest BCUT2D eigenvalue weighted by Crippen LogP contribution is -2.32. The zero-order chi connectivity index (χ0) is 21.3. The van der Waals surface area contributed by atoms with Crippen LogP contribution in [0.2, 0.25) is 0 Å². The van der Waals surface area contributed by atoms with E-state index < -0.39 is 26.9 Å². The molecule has 2 aromatic heterocycles. The van der Waals surface area contributed by atoms with Gasteiger partial charge in [0, 0.05) is 36.1 Å². The lowest BCUT2D eigenvalue weighted by molar-refractivity contribution is -0.120. The first-order valence-electron chi connectivity index (χ1n) is 9.61. The van der Waals surface area contributed by atoms with Crippen LogP contribution in [-0.4, -0.2) is 35.9 Å². The van der Waals surface area contributed by atoms with Gasteiger partial charge in [0.05, 0.1) is 35.1 Å². The fourth-order valence-corrected chi connectivity index (χ4v) is 4.90. The van der Waals surface area contributed by atoms with E-state index in [1.165, 1.54) is 0 Å². The van der Waals surface area contributed by atoms with Gasteiger partial charge in [0.15, 0.2) is 11.6 Å². The lowest BCUT2D eigenvalue weighted by atomic mass is 9.99. The second-order valence-corrected chi connectivity index (χ2v) is 10.4. The Kier molecular flexibility index (Phi) is 4.05. The van der Waals surface area contributed by atoms with Gasteiger partial charge in [0.1, 0.15) is 9.84 Å². The average molecular weight is 431 g/mol. The Hall–Kier alpha value is -2.81. The van der Waals surface area contributed by atoms with Crippen molar-refractivity contribution >= 4 is 32.3 Å². The van der Waals surface area contributed by atoms with Crippen molar-refractivity contribution < 1.29 is 22.0 Å². The van der Waals surface area contributed by atoms with Crippen LogP contribution in [0.1, 0.15) is 24.1 Å². The van der Waals surface area contributed by atoms with Crippen LogP contribution >= 0.6 is 0 Å². The first-order valence-corrected chi connectivity index (χ1v) is 11.7. The molecule has 1 amide bonds. The molecule has 156 valence electrons. The molecule has 1 aromatic carbocycles. The van der Waals surface area contributed by atoms with E-state index in [1.54, 1.807) is 27.9 Å². The third kappa shape index (κ3) is 2.91.